The summed E-state index contributed by atoms with van der Waals surface area (Å²) in [5, 5.41) is 8.07. The van der Waals surface area contributed by atoms with Gasteiger partial charge in [-0.25, -0.2) is 8.42 Å². The second-order valence-electron chi connectivity index (χ2n) is 1.74. The van der Waals surface area contributed by atoms with Crippen molar-refractivity contribution >= 4 is 25.7 Å². The van der Waals surface area contributed by atoms with Crippen molar-refractivity contribution in [2.45, 2.75) is 12.8 Å². The summed E-state index contributed by atoms with van der Waals surface area (Å²) in [6, 6.07) is 0. The van der Waals surface area contributed by atoms with Gasteiger partial charge in [0.2, 0.25) is 9.05 Å². The average Bonchev–Trinajstić information content (AvgIpc) is 1.59. The molecule has 0 bridgehead atoms. The van der Waals surface area contributed by atoms with Crippen LogP contribution in [0.1, 0.15) is 12.8 Å². The van der Waals surface area contributed by atoms with Gasteiger partial charge < -0.3 is 5.11 Å². The van der Waals surface area contributed by atoms with E-state index >= 15 is 0 Å². The molecule has 0 unspecified atom stereocenters. The van der Waals surface area contributed by atoms with E-state index in [-0.39, 0.29) is 18.6 Å². The fourth-order valence-corrected chi connectivity index (χ4v) is 1.21. The van der Waals surface area contributed by atoms with Gasteiger partial charge in [-0.05, 0) is 6.42 Å². The van der Waals surface area contributed by atoms with Crippen LogP contribution in [0.25, 0.3) is 0 Å². The van der Waals surface area contributed by atoms with Gasteiger partial charge in [-0.1, -0.05) is 0 Å². The van der Waals surface area contributed by atoms with Gasteiger partial charge in [-0.3, -0.25) is 4.79 Å². The summed E-state index contributed by atoms with van der Waals surface area (Å²) in [6.45, 7) is 0. The number of halogens is 1. The molecule has 10 heavy (non-hydrogen) atoms. The van der Waals surface area contributed by atoms with Crippen molar-refractivity contribution in [1.82, 2.24) is 0 Å². The average molecular weight is 187 g/mol. The van der Waals surface area contributed by atoms with E-state index < -0.39 is 15.0 Å². The minimum absolute atomic E-state index is 0.0706. The predicted molar refractivity (Wildman–Crippen MR) is 36.5 cm³/mol. The molecule has 0 radical (unpaired) electrons. The molecule has 0 amide bonds. The van der Waals surface area contributed by atoms with Crippen LogP contribution < -0.4 is 0 Å². The standard InChI is InChI=1S/C4H7ClO4S/c5-10(8,9)3-1-2-4(6)7/h1-3H2,(H,6,7). The van der Waals surface area contributed by atoms with E-state index in [9.17, 15) is 13.2 Å². The Morgan fingerprint density at radius 3 is 2.30 bits per heavy atom. The number of aliphatic carboxylic acids is 1. The molecular weight excluding hydrogens is 180 g/mol. The fourth-order valence-electron chi connectivity index (χ4n) is 0.396. The lowest BCUT2D eigenvalue weighted by atomic mass is 10.3. The van der Waals surface area contributed by atoms with Crippen LogP contribution in [0, 0.1) is 0 Å². The molecule has 0 aliphatic rings. The number of carboxylic acid groups (broad SMARTS) is 1. The van der Waals surface area contributed by atoms with Crippen LogP contribution in [-0.2, 0) is 13.8 Å². The highest BCUT2D eigenvalue weighted by molar-refractivity contribution is 8.13. The van der Waals surface area contributed by atoms with Crippen molar-refractivity contribution in [3.05, 3.63) is 0 Å². The van der Waals surface area contributed by atoms with Crippen LogP contribution in [0.5, 0.6) is 0 Å². The zero-order valence-electron chi connectivity index (χ0n) is 5.08. The largest absolute Gasteiger partial charge is 0.481 e. The molecule has 4 nitrogen and oxygen atoms in total. The maximum Gasteiger partial charge on any atom is 0.303 e. The Morgan fingerprint density at radius 1 is 1.50 bits per heavy atom. The first-order valence-corrected chi connectivity index (χ1v) is 5.04. The van der Waals surface area contributed by atoms with Gasteiger partial charge in [0.05, 0.1) is 5.75 Å². The Bertz CT molecular complexity index is 207. The summed E-state index contributed by atoms with van der Waals surface area (Å²) in [4.78, 5) is 9.85. The van der Waals surface area contributed by atoms with Crippen molar-refractivity contribution in [2.24, 2.45) is 0 Å². The van der Waals surface area contributed by atoms with Gasteiger partial charge in [0, 0.05) is 17.1 Å². The molecule has 0 atom stereocenters. The number of hydrogen-bond acceptors (Lipinski definition) is 3. The molecule has 0 aromatic heterocycles. The lowest BCUT2D eigenvalue weighted by Gasteiger charge is -1.91. The highest BCUT2D eigenvalue weighted by atomic mass is 35.7. The van der Waals surface area contributed by atoms with E-state index in [2.05, 4.69) is 0 Å². The van der Waals surface area contributed by atoms with Crippen LogP contribution in [-0.4, -0.2) is 25.2 Å². The van der Waals surface area contributed by atoms with Gasteiger partial charge in [-0.15, -0.1) is 0 Å². The molecule has 0 aromatic carbocycles. The summed E-state index contributed by atoms with van der Waals surface area (Å²) in [6.07, 6.45) is -0.0902. The van der Waals surface area contributed by atoms with E-state index in [1.807, 2.05) is 0 Å². The smallest absolute Gasteiger partial charge is 0.303 e. The minimum atomic E-state index is -3.51. The van der Waals surface area contributed by atoms with Crippen molar-refractivity contribution < 1.29 is 18.3 Å². The molecule has 0 saturated heterocycles. The lowest BCUT2D eigenvalue weighted by molar-refractivity contribution is -0.137. The van der Waals surface area contributed by atoms with Gasteiger partial charge in [-0.2, -0.15) is 0 Å². The maximum atomic E-state index is 10.2. The van der Waals surface area contributed by atoms with Crippen molar-refractivity contribution in [2.75, 3.05) is 5.75 Å². The second kappa shape index (κ2) is 3.78. The topological polar surface area (TPSA) is 71.4 Å². The van der Waals surface area contributed by atoms with Gasteiger partial charge >= 0.3 is 5.97 Å². The molecule has 0 aliphatic carbocycles. The van der Waals surface area contributed by atoms with Crippen LogP contribution >= 0.6 is 10.7 Å². The quantitative estimate of drug-likeness (QED) is 0.646. The summed E-state index contributed by atoms with van der Waals surface area (Å²) in [5.41, 5.74) is 0. The van der Waals surface area contributed by atoms with Crippen LogP contribution in [0.2, 0.25) is 0 Å². The first kappa shape index (κ1) is 9.71. The van der Waals surface area contributed by atoms with Gasteiger partial charge in [0.1, 0.15) is 0 Å². The highest BCUT2D eigenvalue weighted by Crippen LogP contribution is 2.00. The molecule has 0 fully saturated rings. The third kappa shape index (κ3) is 7.71. The number of hydrogen-bond donors (Lipinski definition) is 1. The van der Waals surface area contributed by atoms with E-state index in [1.54, 1.807) is 0 Å². The van der Waals surface area contributed by atoms with Gasteiger partial charge in [0.25, 0.3) is 0 Å². The van der Waals surface area contributed by atoms with E-state index in [1.165, 1.54) is 0 Å². The Kier molecular flexibility index (Phi) is 3.67. The Labute approximate surface area is 63.2 Å². The minimum Gasteiger partial charge on any atom is -0.481 e. The third-order valence-electron chi connectivity index (χ3n) is 0.779. The Balaban J connectivity index is 3.49. The SMILES string of the molecule is O=C(O)CCCS(=O)(=O)Cl. The van der Waals surface area contributed by atoms with Crippen molar-refractivity contribution in [1.29, 1.82) is 0 Å². The number of carbonyl (C=O) groups is 1. The van der Waals surface area contributed by atoms with Crippen LogP contribution in [0.15, 0.2) is 0 Å². The predicted octanol–water partition coefficient (Wildman–Crippen LogP) is 0.420. The van der Waals surface area contributed by atoms with Crippen molar-refractivity contribution in [3.63, 3.8) is 0 Å². The third-order valence-corrected chi connectivity index (χ3v) is 2.02. The van der Waals surface area contributed by atoms with Crippen LogP contribution in [0.4, 0.5) is 0 Å². The molecule has 1 N–H and O–H groups in total. The maximum absolute atomic E-state index is 10.2. The molecule has 0 aromatic rings. The Hall–Kier alpha value is -0.290. The summed E-state index contributed by atoms with van der Waals surface area (Å²) in [7, 11) is 1.29. The molecule has 6 heteroatoms. The molecule has 0 spiro atoms. The summed E-state index contributed by atoms with van der Waals surface area (Å²) in [5.74, 6) is -1.29. The summed E-state index contributed by atoms with van der Waals surface area (Å²) >= 11 is 0. The zero-order chi connectivity index (χ0) is 8.20. The second-order valence-corrected chi connectivity index (χ2v) is 4.64. The van der Waals surface area contributed by atoms with Gasteiger partial charge in [0.15, 0.2) is 0 Å². The first-order chi connectivity index (χ1) is 4.42. The van der Waals surface area contributed by atoms with E-state index in [4.69, 9.17) is 15.8 Å². The molecule has 0 aliphatic heterocycles. The normalized spacial score (nSPS) is 11.3. The zero-order valence-corrected chi connectivity index (χ0v) is 6.65. The monoisotopic (exact) mass is 186 g/mol. The van der Waals surface area contributed by atoms with E-state index in [0.717, 1.165) is 0 Å². The summed E-state index contributed by atoms with van der Waals surface area (Å²) < 4.78 is 20.4. The number of carboxylic acids is 1. The molecule has 0 rings (SSSR count). The van der Waals surface area contributed by atoms with Crippen molar-refractivity contribution in [3.8, 4) is 0 Å². The molecule has 60 valence electrons. The molecule has 0 saturated carbocycles. The van der Waals surface area contributed by atoms with E-state index in [0.29, 0.717) is 0 Å². The molecule has 0 heterocycles. The van der Waals surface area contributed by atoms with Crippen LogP contribution in [0.3, 0.4) is 0 Å². The fraction of sp³-hybridized carbons (Fsp3) is 0.750. The molecular formula is C4H7ClO4S. The number of rotatable bonds is 4. The first-order valence-electron chi connectivity index (χ1n) is 2.56. The lowest BCUT2D eigenvalue weighted by Crippen LogP contribution is -2.01. The highest BCUT2D eigenvalue weighted by Gasteiger charge is 2.05. The Morgan fingerprint density at radius 2 is 2.00 bits per heavy atom.